The fourth-order valence-corrected chi connectivity index (χ4v) is 5.28. The van der Waals surface area contributed by atoms with E-state index in [-0.39, 0.29) is 28.5 Å². The average molecular weight is 630 g/mol. The molecule has 2 aromatic carbocycles. The normalized spacial score (nSPS) is 14.5. The molecule has 0 bridgehead atoms. The van der Waals surface area contributed by atoms with Crippen molar-refractivity contribution in [2.45, 2.75) is 45.5 Å². The molecule has 3 heterocycles. The summed E-state index contributed by atoms with van der Waals surface area (Å²) in [6, 6.07) is 12.5. The Hall–Kier alpha value is -3.77. The molecule has 0 saturated carbocycles. The van der Waals surface area contributed by atoms with E-state index in [4.69, 9.17) is 0 Å². The Labute approximate surface area is 242 Å². The summed E-state index contributed by atoms with van der Waals surface area (Å²) in [6.07, 6.45) is -3.94. The molecule has 41 heavy (non-hydrogen) atoms. The summed E-state index contributed by atoms with van der Waals surface area (Å²) in [5.41, 5.74) is 1.71. The van der Waals surface area contributed by atoms with Crippen LogP contribution in [0.3, 0.4) is 0 Å². The fourth-order valence-electron chi connectivity index (χ4n) is 4.92. The van der Waals surface area contributed by atoms with Gasteiger partial charge in [-0.2, -0.15) is 18.3 Å². The van der Waals surface area contributed by atoms with Gasteiger partial charge in [0.15, 0.2) is 0 Å². The summed E-state index contributed by atoms with van der Waals surface area (Å²) in [6.45, 7) is 4.87. The smallest absolute Gasteiger partial charge is 0.393 e. The number of nitrogens with zero attached hydrogens (tertiary/aromatic N) is 4. The van der Waals surface area contributed by atoms with E-state index in [2.05, 4.69) is 31.3 Å². The van der Waals surface area contributed by atoms with E-state index >= 15 is 0 Å². The van der Waals surface area contributed by atoms with E-state index < -0.39 is 17.8 Å². The number of hydrogen-bond acceptors (Lipinski definition) is 5. The molecule has 4 aromatic rings. The predicted octanol–water partition coefficient (Wildman–Crippen LogP) is 5.73. The number of pyridine rings is 1. The first kappa shape index (κ1) is 28.7. The van der Waals surface area contributed by atoms with Crippen LogP contribution in [-0.4, -0.2) is 55.8 Å². The number of amides is 2. The number of aliphatic hydroxyl groups is 1. The van der Waals surface area contributed by atoms with Gasteiger partial charge in [0.2, 0.25) is 0 Å². The standard InChI is InChI=1S/C29H27BrF3N5O3/c1-16-26(35-27(40)23-14-25(29(31,32)33)34-24-8-7-20(30)13-22(23)24)17(2)38(36-16)15-18-3-5-19(6-4-18)28(41)37-11-9-21(39)10-12-37/h3-8,13-14,21,39H,9-12,15H2,1-2H3,(H,35,40). The average Bonchev–Trinajstić information content (AvgIpc) is 3.19. The van der Waals surface area contributed by atoms with Crippen LogP contribution in [0.2, 0.25) is 0 Å². The highest BCUT2D eigenvalue weighted by Gasteiger charge is 2.34. The van der Waals surface area contributed by atoms with E-state index in [1.165, 1.54) is 6.07 Å². The second kappa shape index (κ2) is 11.2. The highest BCUT2D eigenvalue weighted by molar-refractivity contribution is 9.10. The van der Waals surface area contributed by atoms with Gasteiger partial charge in [0, 0.05) is 28.5 Å². The first-order chi connectivity index (χ1) is 19.4. The van der Waals surface area contributed by atoms with E-state index in [1.54, 1.807) is 47.7 Å². The molecule has 214 valence electrons. The predicted molar refractivity (Wildman–Crippen MR) is 151 cm³/mol. The van der Waals surface area contributed by atoms with Crippen LogP contribution in [0.4, 0.5) is 18.9 Å². The fraction of sp³-hybridized carbons (Fsp3) is 0.310. The third-order valence-electron chi connectivity index (χ3n) is 7.21. The monoisotopic (exact) mass is 629 g/mol. The maximum Gasteiger partial charge on any atom is 0.433 e. The van der Waals surface area contributed by atoms with E-state index in [0.717, 1.165) is 11.6 Å². The zero-order chi connectivity index (χ0) is 29.5. The maximum atomic E-state index is 13.5. The van der Waals surface area contributed by atoms with Crippen molar-refractivity contribution >= 4 is 44.3 Å². The van der Waals surface area contributed by atoms with Crippen LogP contribution in [0.1, 0.15) is 56.2 Å². The number of aryl methyl sites for hydroxylation is 1. The molecule has 1 aliphatic rings. The largest absolute Gasteiger partial charge is 0.433 e. The molecule has 0 spiro atoms. The summed E-state index contributed by atoms with van der Waals surface area (Å²) in [5.74, 6) is -0.788. The summed E-state index contributed by atoms with van der Waals surface area (Å²) < 4.78 is 42.9. The minimum Gasteiger partial charge on any atom is -0.393 e. The van der Waals surface area contributed by atoms with Gasteiger partial charge in [0.1, 0.15) is 5.69 Å². The van der Waals surface area contributed by atoms with E-state index in [9.17, 15) is 27.9 Å². The van der Waals surface area contributed by atoms with Crippen molar-refractivity contribution in [3.8, 4) is 0 Å². The lowest BCUT2D eigenvalue weighted by molar-refractivity contribution is -0.141. The second-order valence-electron chi connectivity index (χ2n) is 10.1. The summed E-state index contributed by atoms with van der Waals surface area (Å²) in [4.78, 5) is 31.6. The van der Waals surface area contributed by atoms with Crippen molar-refractivity contribution in [2.24, 2.45) is 0 Å². The number of anilines is 1. The Morgan fingerprint density at radius 2 is 1.76 bits per heavy atom. The van der Waals surface area contributed by atoms with Crippen LogP contribution in [0, 0.1) is 13.8 Å². The molecule has 12 heteroatoms. The Kier molecular flexibility index (Phi) is 7.89. The van der Waals surface area contributed by atoms with Crippen molar-refractivity contribution in [1.82, 2.24) is 19.7 Å². The topological polar surface area (TPSA) is 100 Å². The third kappa shape index (κ3) is 6.13. The summed E-state index contributed by atoms with van der Waals surface area (Å²) >= 11 is 3.31. The Morgan fingerprint density at radius 3 is 2.41 bits per heavy atom. The van der Waals surface area contributed by atoms with Crippen molar-refractivity contribution < 1.29 is 27.9 Å². The minimum absolute atomic E-state index is 0.0529. The molecule has 5 rings (SSSR count). The number of aliphatic hydroxyl groups excluding tert-OH is 1. The van der Waals surface area contributed by atoms with Gasteiger partial charge in [-0.15, -0.1) is 0 Å². The van der Waals surface area contributed by atoms with Gasteiger partial charge in [-0.1, -0.05) is 28.1 Å². The molecule has 8 nitrogen and oxygen atoms in total. The number of halogens is 4. The van der Waals surface area contributed by atoms with Gasteiger partial charge < -0.3 is 15.3 Å². The molecule has 1 saturated heterocycles. The number of likely N-dealkylation sites (tertiary alicyclic amines) is 1. The molecule has 2 amide bonds. The van der Waals surface area contributed by atoms with Crippen LogP contribution < -0.4 is 5.32 Å². The molecule has 2 aromatic heterocycles. The van der Waals surface area contributed by atoms with Crippen molar-refractivity contribution in [3.63, 3.8) is 0 Å². The number of carbonyl (C=O) groups excluding carboxylic acids is 2. The molecule has 1 aliphatic heterocycles. The second-order valence-corrected chi connectivity index (χ2v) is 11.0. The van der Waals surface area contributed by atoms with E-state index in [1.807, 2.05) is 12.1 Å². The number of benzene rings is 2. The number of rotatable bonds is 5. The lowest BCUT2D eigenvalue weighted by Crippen LogP contribution is -2.40. The number of nitrogens with one attached hydrogen (secondary N) is 1. The first-order valence-electron chi connectivity index (χ1n) is 13.0. The molecule has 0 aliphatic carbocycles. The first-order valence-corrected chi connectivity index (χ1v) is 13.8. The van der Waals surface area contributed by atoms with Gasteiger partial charge >= 0.3 is 6.18 Å². The molecule has 2 N–H and O–H groups in total. The van der Waals surface area contributed by atoms with Gasteiger partial charge in [-0.25, -0.2) is 4.98 Å². The number of piperidine rings is 1. The number of aromatic nitrogens is 3. The van der Waals surface area contributed by atoms with Crippen LogP contribution in [0.5, 0.6) is 0 Å². The Balaban J connectivity index is 1.36. The highest BCUT2D eigenvalue weighted by Crippen LogP contribution is 2.33. The maximum absolute atomic E-state index is 13.5. The van der Waals surface area contributed by atoms with Gasteiger partial charge in [0.05, 0.1) is 40.8 Å². The van der Waals surface area contributed by atoms with Crippen LogP contribution >= 0.6 is 15.9 Å². The van der Waals surface area contributed by atoms with Gasteiger partial charge in [-0.05, 0) is 68.7 Å². The summed E-state index contributed by atoms with van der Waals surface area (Å²) in [5, 5.41) is 17.2. The number of fused-ring (bicyclic) bond motifs is 1. The van der Waals surface area contributed by atoms with Gasteiger partial charge in [0.25, 0.3) is 11.8 Å². The van der Waals surface area contributed by atoms with Crippen LogP contribution in [0.15, 0.2) is 53.0 Å². The molecular formula is C29H27BrF3N5O3. The highest BCUT2D eigenvalue weighted by atomic mass is 79.9. The zero-order valence-corrected chi connectivity index (χ0v) is 23.9. The van der Waals surface area contributed by atoms with Crippen molar-refractivity contribution in [2.75, 3.05) is 18.4 Å². The quantitative estimate of drug-likeness (QED) is 0.294. The Morgan fingerprint density at radius 1 is 1.07 bits per heavy atom. The third-order valence-corrected chi connectivity index (χ3v) is 7.70. The molecule has 1 fully saturated rings. The van der Waals surface area contributed by atoms with Crippen LogP contribution in [0.25, 0.3) is 10.9 Å². The number of hydrogen-bond donors (Lipinski definition) is 2. The lowest BCUT2D eigenvalue weighted by Gasteiger charge is -2.29. The number of alkyl halides is 3. The van der Waals surface area contributed by atoms with Crippen molar-refractivity contribution in [3.05, 3.63) is 86.8 Å². The SMILES string of the molecule is Cc1nn(Cc2ccc(C(=O)N3CCC(O)CC3)cc2)c(C)c1NC(=O)c1cc(C(F)(F)F)nc2ccc(Br)cc12. The minimum atomic E-state index is -4.72. The lowest BCUT2D eigenvalue weighted by atomic mass is 10.1. The zero-order valence-electron chi connectivity index (χ0n) is 22.3. The number of carbonyl (C=O) groups is 2. The molecule has 0 radical (unpaired) electrons. The van der Waals surface area contributed by atoms with Crippen LogP contribution in [-0.2, 0) is 12.7 Å². The summed E-state index contributed by atoms with van der Waals surface area (Å²) in [7, 11) is 0. The van der Waals surface area contributed by atoms with Crippen molar-refractivity contribution in [1.29, 1.82) is 0 Å². The van der Waals surface area contributed by atoms with E-state index in [0.29, 0.717) is 59.6 Å². The molecule has 0 unspecified atom stereocenters. The van der Waals surface area contributed by atoms with Gasteiger partial charge in [-0.3, -0.25) is 14.3 Å². The molecule has 0 atom stereocenters. The molecular weight excluding hydrogens is 603 g/mol. The Bertz CT molecular complexity index is 1630.